The van der Waals surface area contributed by atoms with Gasteiger partial charge in [-0.1, -0.05) is 12.1 Å². The molecule has 0 bridgehead atoms. The van der Waals surface area contributed by atoms with Crippen molar-refractivity contribution in [2.45, 2.75) is 20.0 Å². The Balaban J connectivity index is 1.58. The van der Waals surface area contributed by atoms with Gasteiger partial charge in [0.1, 0.15) is 17.4 Å². The average molecular weight is 376 g/mol. The number of nitrogens with one attached hydrogen (secondary N) is 2. The molecule has 1 aliphatic rings. The predicted molar refractivity (Wildman–Crippen MR) is 108 cm³/mol. The molecule has 2 heterocycles. The molecule has 0 radical (unpaired) electrons. The van der Waals surface area contributed by atoms with Gasteiger partial charge in [-0.2, -0.15) is 0 Å². The van der Waals surface area contributed by atoms with Crippen molar-refractivity contribution in [1.29, 1.82) is 5.41 Å². The summed E-state index contributed by atoms with van der Waals surface area (Å²) in [6, 6.07) is 14.3. The molecule has 4 rings (SSSR count). The lowest BCUT2D eigenvalue weighted by Gasteiger charge is -2.19. The minimum Gasteiger partial charge on any atom is -0.509 e. The number of aromatic amines is 1. The Morgan fingerprint density at radius 2 is 1.93 bits per heavy atom. The summed E-state index contributed by atoms with van der Waals surface area (Å²) >= 11 is 0. The Hall–Kier alpha value is -3.61. The molecule has 1 aromatic heterocycles. The first-order valence-electron chi connectivity index (χ1n) is 8.99. The van der Waals surface area contributed by atoms with Crippen LogP contribution in [-0.2, 0) is 4.74 Å². The van der Waals surface area contributed by atoms with Crippen LogP contribution in [0.25, 0.3) is 16.6 Å². The van der Waals surface area contributed by atoms with Crippen LogP contribution < -0.4 is 4.90 Å². The van der Waals surface area contributed by atoms with E-state index >= 15 is 0 Å². The van der Waals surface area contributed by atoms with Gasteiger partial charge in [-0.25, -0.2) is 9.78 Å². The lowest BCUT2D eigenvalue weighted by atomic mass is 10.2. The van der Waals surface area contributed by atoms with Gasteiger partial charge in [0.15, 0.2) is 0 Å². The largest absolute Gasteiger partial charge is 0.509 e. The third-order valence-corrected chi connectivity index (χ3v) is 4.49. The van der Waals surface area contributed by atoms with Gasteiger partial charge in [0.25, 0.3) is 0 Å². The number of carbonyl (C=O) groups excluding carboxylic acids is 1. The van der Waals surface area contributed by atoms with E-state index < -0.39 is 0 Å². The van der Waals surface area contributed by atoms with Crippen molar-refractivity contribution in [2.24, 2.45) is 0 Å². The summed E-state index contributed by atoms with van der Waals surface area (Å²) in [5, 5.41) is 19.0. The lowest BCUT2D eigenvalue weighted by Crippen LogP contribution is -2.26. The van der Waals surface area contributed by atoms with Crippen molar-refractivity contribution in [2.75, 3.05) is 11.4 Å². The van der Waals surface area contributed by atoms with Gasteiger partial charge < -0.3 is 19.7 Å². The normalized spacial score (nSPS) is 14.4. The average Bonchev–Trinajstić information content (AvgIpc) is 3.21. The van der Waals surface area contributed by atoms with Crippen molar-refractivity contribution < 1.29 is 14.6 Å². The number of anilines is 1. The number of amidine groups is 1. The molecule has 7 heteroatoms. The molecule has 0 saturated carbocycles. The van der Waals surface area contributed by atoms with E-state index in [0.29, 0.717) is 22.6 Å². The molecule has 0 atom stereocenters. The summed E-state index contributed by atoms with van der Waals surface area (Å²) < 4.78 is 5.19. The number of carbonyl (C=O) groups is 1. The molecule has 28 heavy (non-hydrogen) atoms. The van der Waals surface area contributed by atoms with Gasteiger partial charge in [-0.3, -0.25) is 5.41 Å². The summed E-state index contributed by atoms with van der Waals surface area (Å²) in [7, 11) is 0. The first-order chi connectivity index (χ1) is 13.4. The van der Waals surface area contributed by atoms with E-state index in [-0.39, 0.29) is 30.2 Å². The van der Waals surface area contributed by atoms with Crippen LogP contribution >= 0.6 is 0 Å². The van der Waals surface area contributed by atoms with Gasteiger partial charge in [-0.15, -0.1) is 0 Å². The van der Waals surface area contributed by atoms with Crippen LogP contribution in [0, 0.1) is 5.41 Å². The van der Waals surface area contributed by atoms with Crippen molar-refractivity contribution in [3.63, 3.8) is 0 Å². The summed E-state index contributed by atoms with van der Waals surface area (Å²) in [6.07, 6.45) is -0.188. The Bertz CT molecular complexity index is 1060. The van der Waals surface area contributed by atoms with Crippen molar-refractivity contribution in [3.8, 4) is 0 Å². The smallest absolute Gasteiger partial charge is 0.338 e. The second-order valence-electron chi connectivity index (χ2n) is 6.86. The summed E-state index contributed by atoms with van der Waals surface area (Å²) in [4.78, 5) is 21.3. The zero-order valence-electron chi connectivity index (χ0n) is 15.6. The van der Waals surface area contributed by atoms with Crippen LogP contribution in [0.3, 0.4) is 0 Å². The Morgan fingerprint density at radius 3 is 2.61 bits per heavy atom. The Kier molecular flexibility index (Phi) is 4.35. The lowest BCUT2D eigenvalue weighted by molar-refractivity contribution is 0.0378. The third-order valence-electron chi connectivity index (χ3n) is 4.49. The van der Waals surface area contributed by atoms with E-state index in [9.17, 15) is 9.90 Å². The minimum absolute atomic E-state index is 0.0763. The van der Waals surface area contributed by atoms with Crippen LogP contribution in [0.5, 0.6) is 0 Å². The van der Waals surface area contributed by atoms with Crippen molar-refractivity contribution in [1.82, 2.24) is 9.97 Å². The number of H-pyrrole nitrogens is 1. The molecule has 7 nitrogen and oxygen atoms in total. The molecule has 0 saturated heterocycles. The monoisotopic (exact) mass is 376 g/mol. The second kappa shape index (κ2) is 6.84. The van der Waals surface area contributed by atoms with Gasteiger partial charge in [0, 0.05) is 5.69 Å². The second-order valence-corrected chi connectivity index (χ2v) is 6.86. The maximum Gasteiger partial charge on any atom is 0.338 e. The van der Waals surface area contributed by atoms with Gasteiger partial charge >= 0.3 is 5.97 Å². The molecular weight excluding hydrogens is 356 g/mol. The fraction of sp³-hybridized carbons (Fsp3) is 0.190. The number of imidazole rings is 1. The summed E-state index contributed by atoms with van der Waals surface area (Å²) in [6.45, 7) is 3.76. The van der Waals surface area contributed by atoms with Crippen molar-refractivity contribution in [3.05, 3.63) is 65.7 Å². The first kappa shape index (κ1) is 17.8. The van der Waals surface area contributed by atoms with Crippen LogP contribution in [0.1, 0.15) is 30.0 Å². The molecule has 3 aromatic rings. The number of hydrogen-bond acceptors (Lipinski definition) is 5. The quantitative estimate of drug-likeness (QED) is 0.600. The topological polar surface area (TPSA) is 102 Å². The van der Waals surface area contributed by atoms with E-state index in [0.717, 1.165) is 11.0 Å². The number of nitrogens with zero attached hydrogens (tertiary/aromatic N) is 2. The maximum absolute atomic E-state index is 12.0. The molecule has 0 fully saturated rings. The highest BCUT2D eigenvalue weighted by atomic mass is 16.5. The Morgan fingerprint density at radius 1 is 1.21 bits per heavy atom. The molecule has 0 amide bonds. The van der Waals surface area contributed by atoms with E-state index in [4.69, 9.17) is 10.1 Å². The van der Waals surface area contributed by atoms with Gasteiger partial charge in [-0.05, 0) is 50.2 Å². The number of aromatic nitrogens is 2. The molecule has 0 spiro atoms. The number of esters is 1. The molecule has 0 unspecified atom stereocenters. The number of benzene rings is 2. The summed E-state index contributed by atoms with van der Waals surface area (Å²) in [5.41, 5.74) is 3.13. The van der Waals surface area contributed by atoms with Crippen LogP contribution in [0.4, 0.5) is 5.69 Å². The van der Waals surface area contributed by atoms with Crippen LogP contribution in [0.15, 0.2) is 54.3 Å². The minimum atomic E-state index is -0.387. The maximum atomic E-state index is 12.0. The highest BCUT2D eigenvalue weighted by Gasteiger charge is 2.31. The number of ether oxygens (including phenoxy) is 1. The predicted octanol–water partition coefficient (Wildman–Crippen LogP) is 3.89. The SMILES string of the molecule is CC(C)OC(=O)c1ccc(N2CC(O)=C(c3nc4ccccc4[nH]3)C2=N)cc1. The van der Waals surface area contributed by atoms with Gasteiger partial charge in [0.2, 0.25) is 0 Å². The zero-order valence-corrected chi connectivity index (χ0v) is 15.6. The molecule has 3 N–H and O–H groups in total. The molecule has 2 aromatic carbocycles. The summed E-state index contributed by atoms with van der Waals surface area (Å²) in [5.74, 6) is 0.298. The highest BCUT2D eigenvalue weighted by molar-refractivity contribution is 6.30. The molecule has 0 aliphatic carbocycles. The Labute approximate surface area is 161 Å². The highest BCUT2D eigenvalue weighted by Crippen LogP contribution is 2.31. The first-order valence-corrected chi connectivity index (χ1v) is 8.99. The van der Waals surface area contributed by atoms with Crippen LogP contribution in [-0.4, -0.2) is 39.5 Å². The van der Waals surface area contributed by atoms with Gasteiger partial charge in [0.05, 0.1) is 34.8 Å². The van der Waals surface area contributed by atoms with E-state index in [1.165, 1.54) is 0 Å². The number of rotatable bonds is 4. The standard InChI is InChI=1S/C21H20N4O3/c1-12(2)28-21(27)13-7-9-14(10-8-13)25-11-17(26)18(19(25)22)20-23-15-5-3-4-6-16(15)24-20/h3-10,12,22,26H,11H2,1-2H3,(H,23,24). The third kappa shape index (κ3) is 3.11. The zero-order chi connectivity index (χ0) is 19.8. The van der Waals surface area contributed by atoms with E-state index in [1.807, 2.05) is 24.3 Å². The molecular formula is C21H20N4O3. The number of aliphatic hydroxyl groups is 1. The van der Waals surface area contributed by atoms with Crippen LogP contribution in [0.2, 0.25) is 0 Å². The number of hydrogen-bond donors (Lipinski definition) is 3. The van der Waals surface area contributed by atoms with E-state index in [2.05, 4.69) is 9.97 Å². The number of fused-ring (bicyclic) bond motifs is 1. The van der Waals surface area contributed by atoms with E-state index in [1.54, 1.807) is 43.0 Å². The fourth-order valence-corrected chi connectivity index (χ4v) is 3.18. The molecule has 1 aliphatic heterocycles. The molecule has 142 valence electrons. The van der Waals surface area contributed by atoms with Crippen molar-refractivity contribution >= 4 is 34.1 Å². The fourth-order valence-electron chi connectivity index (χ4n) is 3.18. The number of para-hydroxylation sites is 2. The number of aliphatic hydroxyl groups excluding tert-OH is 1.